The molecule has 1 atom stereocenters. The zero-order valence-corrected chi connectivity index (χ0v) is 42.3. The highest BCUT2D eigenvalue weighted by Gasteiger charge is 2.19. The monoisotopic (exact) mass is 877 g/mol. The van der Waals surface area contributed by atoms with Crippen LogP contribution >= 0.6 is 0 Å². The summed E-state index contributed by atoms with van der Waals surface area (Å²) in [5, 5.41) is 0. The van der Waals surface area contributed by atoms with E-state index in [1.807, 2.05) is 0 Å². The smallest absolute Gasteiger partial charge is 0.306 e. The number of carbonyl (C=O) groups is 3. The highest BCUT2D eigenvalue weighted by atomic mass is 16.6. The van der Waals surface area contributed by atoms with Crippen molar-refractivity contribution in [2.75, 3.05) is 13.2 Å². The Morgan fingerprint density at radius 3 is 0.790 bits per heavy atom. The van der Waals surface area contributed by atoms with Crippen LogP contribution < -0.4 is 0 Å². The van der Waals surface area contributed by atoms with Crippen LogP contribution in [-0.2, 0) is 28.6 Å². The molecule has 0 aromatic heterocycles. The van der Waals surface area contributed by atoms with Crippen LogP contribution in [0.5, 0.6) is 0 Å². The van der Waals surface area contributed by atoms with Crippen LogP contribution in [0.25, 0.3) is 0 Å². The number of unbranched alkanes of at least 4 members (excludes halogenated alkanes) is 38. The fraction of sp³-hybridized carbons (Fsp3) is 0.946. The van der Waals surface area contributed by atoms with E-state index in [0.29, 0.717) is 19.3 Å². The highest BCUT2D eigenvalue weighted by molar-refractivity contribution is 5.71. The minimum atomic E-state index is -0.761. The van der Waals surface area contributed by atoms with Crippen molar-refractivity contribution in [1.82, 2.24) is 0 Å². The Hall–Kier alpha value is -1.59. The van der Waals surface area contributed by atoms with E-state index in [0.717, 1.165) is 63.7 Å². The number of ether oxygens (including phenoxy) is 3. The van der Waals surface area contributed by atoms with E-state index in [1.54, 1.807) is 0 Å². The van der Waals surface area contributed by atoms with Crippen LogP contribution in [0.2, 0.25) is 0 Å². The van der Waals surface area contributed by atoms with Gasteiger partial charge in [-0.25, -0.2) is 0 Å². The first-order valence-electron chi connectivity index (χ1n) is 27.9. The van der Waals surface area contributed by atoms with E-state index < -0.39 is 6.10 Å². The number of carbonyl (C=O) groups excluding carboxylic acids is 3. The molecule has 0 fully saturated rings. The molecule has 0 radical (unpaired) electrons. The third-order valence-corrected chi connectivity index (χ3v) is 12.8. The first kappa shape index (κ1) is 60.4. The van der Waals surface area contributed by atoms with Crippen molar-refractivity contribution in [2.24, 2.45) is 5.92 Å². The predicted molar refractivity (Wildman–Crippen MR) is 266 cm³/mol. The molecule has 0 aromatic rings. The molecule has 0 heterocycles. The molecule has 368 valence electrons. The number of esters is 3. The zero-order valence-electron chi connectivity index (χ0n) is 42.3. The van der Waals surface area contributed by atoms with Gasteiger partial charge in [-0.05, 0) is 25.2 Å². The SMILES string of the molecule is CCCCCCCCCCCCCCCCCCCCCC(=O)OC[C@@H](COC(=O)CCCCCCCCCCCCCC)OC(=O)CCCCCCCCCCCCC(C)C. The molecule has 62 heavy (non-hydrogen) atoms. The summed E-state index contributed by atoms with van der Waals surface area (Å²) in [5.41, 5.74) is 0. The van der Waals surface area contributed by atoms with Crippen LogP contribution in [-0.4, -0.2) is 37.2 Å². The molecule has 6 heteroatoms. The fourth-order valence-corrected chi connectivity index (χ4v) is 8.57. The first-order chi connectivity index (χ1) is 30.4. The lowest BCUT2D eigenvalue weighted by molar-refractivity contribution is -0.167. The summed E-state index contributed by atoms with van der Waals surface area (Å²) >= 11 is 0. The van der Waals surface area contributed by atoms with Gasteiger partial charge in [-0.1, -0.05) is 278 Å². The maximum atomic E-state index is 12.8. The molecule has 0 aliphatic heterocycles. The Morgan fingerprint density at radius 2 is 0.532 bits per heavy atom. The summed E-state index contributed by atoms with van der Waals surface area (Å²) in [7, 11) is 0. The van der Waals surface area contributed by atoms with Gasteiger partial charge in [0.1, 0.15) is 13.2 Å². The molecule has 0 amide bonds. The maximum absolute atomic E-state index is 12.8. The highest BCUT2D eigenvalue weighted by Crippen LogP contribution is 2.18. The summed E-state index contributed by atoms with van der Waals surface area (Å²) in [6, 6.07) is 0. The van der Waals surface area contributed by atoms with Gasteiger partial charge < -0.3 is 14.2 Å². The Balaban J connectivity index is 4.25. The summed E-state index contributed by atoms with van der Waals surface area (Å²) in [6.45, 7) is 9.03. The van der Waals surface area contributed by atoms with Gasteiger partial charge in [-0.15, -0.1) is 0 Å². The molecular weight excluding hydrogens is 769 g/mol. The average Bonchev–Trinajstić information content (AvgIpc) is 3.26. The van der Waals surface area contributed by atoms with Gasteiger partial charge in [-0.3, -0.25) is 14.4 Å². The summed E-state index contributed by atoms with van der Waals surface area (Å²) in [5.74, 6) is -0.0243. The van der Waals surface area contributed by atoms with Gasteiger partial charge in [0.15, 0.2) is 6.10 Å². The molecule has 0 saturated carbocycles. The van der Waals surface area contributed by atoms with E-state index in [4.69, 9.17) is 14.2 Å². The van der Waals surface area contributed by atoms with Gasteiger partial charge in [0.2, 0.25) is 0 Å². The van der Waals surface area contributed by atoms with Gasteiger partial charge in [0.05, 0.1) is 0 Å². The second kappa shape index (κ2) is 50.4. The van der Waals surface area contributed by atoms with Crippen molar-refractivity contribution in [1.29, 1.82) is 0 Å². The Morgan fingerprint density at radius 1 is 0.306 bits per heavy atom. The van der Waals surface area contributed by atoms with Crippen LogP contribution in [0.3, 0.4) is 0 Å². The predicted octanol–water partition coefficient (Wildman–Crippen LogP) is 18.2. The molecule has 0 unspecified atom stereocenters. The van der Waals surface area contributed by atoms with Crippen molar-refractivity contribution in [2.45, 2.75) is 323 Å². The van der Waals surface area contributed by atoms with Crippen molar-refractivity contribution in [3.8, 4) is 0 Å². The van der Waals surface area contributed by atoms with Crippen molar-refractivity contribution < 1.29 is 28.6 Å². The largest absolute Gasteiger partial charge is 0.462 e. The first-order valence-corrected chi connectivity index (χ1v) is 27.9. The molecule has 0 aromatic carbocycles. The summed E-state index contributed by atoms with van der Waals surface area (Å²) < 4.78 is 16.8. The van der Waals surface area contributed by atoms with Gasteiger partial charge in [-0.2, -0.15) is 0 Å². The van der Waals surface area contributed by atoms with E-state index in [-0.39, 0.29) is 31.1 Å². The van der Waals surface area contributed by atoms with E-state index in [2.05, 4.69) is 27.7 Å². The minimum absolute atomic E-state index is 0.0624. The quantitative estimate of drug-likeness (QED) is 0.0344. The summed E-state index contributed by atoms with van der Waals surface area (Å²) in [6.07, 6.45) is 53.8. The van der Waals surface area contributed by atoms with Crippen molar-refractivity contribution in [3.05, 3.63) is 0 Å². The van der Waals surface area contributed by atoms with Gasteiger partial charge in [0.25, 0.3) is 0 Å². The lowest BCUT2D eigenvalue weighted by Crippen LogP contribution is -2.30. The second-order valence-corrected chi connectivity index (χ2v) is 19.7. The van der Waals surface area contributed by atoms with Gasteiger partial charge >= 0.3 is 17.9 Å². The lowest BCUT2D eigenvalue weighted by Gasteiger charge is -2.18. The molecule has 0 saturated heterocycles. The van der Waals surface area contributed by atoms with Crippen LogP contribution in [0, 0.1) is 5.92 Å². The van der Waals surface area contributed by atoms with Crippen molar-refractivity contribution >= 4 is 17.9 Å². The number of rotatable bonds is 51. The van der Waals surface area contributed by atoms with Gasteiger partial charge in [0, 0.05) is 19.3 Å². The molecule has 0 N–H and O–H groups in total. The molecular formula is C56H108O6. The molecule has 6 nitrogen and oxygen atoms in total. The third kappa shape index (κ3) is 49.4. The van der Waals surface area contributed by atoms with Crippen LogP contribution in [0.15, 0.2) is 0 Å². The Kier molecular flexibility index (Phi) is 49.1. The fourth-order valence-electron chi connectivity index (χ4n) is 8.57. The van der Waals surface area contributed by atoms with Crippen molar-refractivity contribution in [3.63, 3.8) is 0 Å². The number of hydrogen-bond donors (Lipinski definition) is 0. The third-order valence-electron chi connectivity index (χ3n) is 12.8. The van der Waals surface area contributed by atoms with E-state index in [9.17, 15) is 14.4 Å². The second-order valence-electron chi connectivity index (χ2n) is 19.7. The molecule has 0 spiro atoms. The molecule has 0 aliphatic rings. The molecule has 0 aliphatic carbocycles. The van der Waals surface area contributed by atoms with Crippen LogP contribution in [0.1, 0.15) is 317 Å². The topological polar surface area (TPSA) is 78.9 Å². The van der Waals surface area contributed by atoms with Crippen LogP contribution in [0.4, 0.5) is 0 Å². The maximum Gasteiger partial charge on any atom is 0.306 e. The lowest BCUT2D eigenvalue weighted by atomic mass is 10.0. The number of hydrogen-bond acceptors (Lipinski definition) is 6. The summed E-state index contributed by atoms with van der Waals surface area (Å²) in [4.78, 5) is 38.0. The normalized spacial score (nSPS) is 12.0. The average molecular weight is 877 g/mol. The standard InChI is InChI=1S/C56H108O6/c1-5-7-9-11-13-15-17-19-20-21-22-23-24-25-27-32-36-40-44-48-55(58)61-51-53(50-60-54(57)47-43-39-35-31-26-18-16-14-12-10-8-6-2)62-56(59)49-45-41-37-33-29-28-30-34-38-42-46-52(3)4/h52-53H,5-51H2,1-4H3/t53-/m1/s1. The minimum Gasteiger partial charge on any atom is -0.462 e. The van der Waals surface area contributed by atoms with E-state index >= 15 is 0 Å². The Labute approximate surface area is 387 Å². The Bertz CT molecular complexity index is 933. The molecule has 0 bridgehead atoms. The van der Waals surface area contributed by atoms with E-state index in [1.165, 1.54) is 212 Å². The zero-order chi connectivity index (χ0) is 45.2. The molecule has 0 rings (SSSR count).